The van der Waals surface area contributed by atoms with Crippen molar-refractivity contribution in [2.45, 2.75) is 0 Å². The first-order valence-corrected chi connectivity index (χ1v) is 9.41. The molecule has 0 atom stereocenters. The molecule has 0 saturated heterocycles. The number of amides is 1. The number of hydrogen-bond donors (Lipinski definition) is 1. The normalized spacial score (nSPS) is 11.0. The summed E-state index contributed by atoms with van der Waals surface area (Å²) in [4.78, 5) is 14.5. The van der Waals surface area contributed by atoms with Crippen LogP contribution in [0.2, 0.25) is 0 Å². The molecule has 0 fully saturated rings. The minimum atomic E-state index is -0.448. The molecule has 1 amide bonds. The van der Waals surface area contributed by atoms with E-state index in [0.29, 0.717) is 5.69 Å². The first kappa shape index (κ1) is 19.5. The molecule has 28 heavy (non-hydrogen) atoms. The summed E-state index contributed by atoms with van der Waals surface area (Å²) < 4.78 is 2.78. The van der Waals surface area contributed by atoms with Gasteiger partial charge in [-0.25, -0.2) is 0 Å². The standard InChI is InChI=1S/C22H19BrN4O/c1-26(2)19-8-10-20(11-9-19)27-12-4-7-21(27)13-16(15-24)22(28)25-18-6-3-5-17(23)14-18/h3-14H,1-2H3,(H,25,28)/b16-13+. The van der Waals surface area contributed by atoms with Crippen LogP contribution in [0.5, 0.6) is 0 Å². The van der Waals surface area contributed by atoms with E-state index in [-0.39, 0.29) is 5.57 Å². The van der Waals surface area contributed by atoms with Gasteiger partial charge in [0.1, 0.15) is 11.6 Å². The predicted octanol–water partition coefficient (Wildman–Crippen LogP) is 4.85. The highest BCUT2D eigenvalue weighted by atomic mass is 79.9. The number of hydrogen-bond acceptors (Lipinski definition) is 3. The Morgan fingerprint density at radius 2 is 1.89 bits per heavy atom. The highest BCUT2D eigenvalue weighted by Gasteiger charge is 2.11. The summed E-state index contributed by atoms with van der Waals surface area (Å²) in [6, 6.07) is 21.0. The maximum atomic E-state index is 12.5. The molecule has 0 bridgehead atoms. The van der Waals surface area contributed by atoms with E-state index in [1.807, 2.05) is 84.4 Å². The number of anilines is 2. The lowest BCUT2D eigenvalue weighted by molar-refractivity contribution is -0.112. The van der Waals surface area contributed by atoms with Crippen molar-refractivity contribution in [2.75, 3.05) is 24.3 Å². The third-order valence-electron chi connectivity index (χ3n) is 4.16. The van der Waals surface area contributed by atoms with E-state index in [0.717, 1.165) is 21.5 Å². The maximum absolute atomic E-state index is 12.5. The van der Waals surface area contributed by atoms with Crippen molar-refractivity contribution in [3.8, 4) is 11.8 Å². The molecule has 5 nitrogen and oxygen atoms in total. The molecule has 6 heteroatoms. The van der Waals surface area contributed by atoms with Crippen LogP contribution in [0.25, 0.3) is 11.8 Å². The number of benzene rings is 2. The predicted molar refractivity (Wildman–Crippen MR) is 116 cm³/mol. The average molecular weight is 435 g/mol. The van der Waals surface area contributed by atoms with Gasteiger partial charge < -0.3 is 14.8 Å². The van der Waals surface area contributed by atoms with Crippen LogP contribution in [0.3, 0.4) is 0 Å². The first-order valence-electron chi connectivity index (χ1n) is 8.62. The highest BCUT2D eigenvalue weighted by Crippen LogP contribution is 2.20. The number of nitriles is 1. The molecule has 0 saturated carbocycles. The SMILES string of the molecule is CN(C)c1ccc(-n2cccc2/C=C(\C#N)C(=O)Nc2cccc(Br)c2)cc1. The van der Waals surface area contributed by atoms with Gasteiger partial charge in [0.2, 0.25) is 0 Å². The number of nitrogens with one attached hydrogen (secondary N) is 1. The van der Waals surface area contributed by atoms with Gasteiger partial charge >= 0.3 is 0 Å². The molecule has 0 aliphatic rings. The van der Waals surface area contributed by atoms with E-state index in [9.17, 15) is 10.1 Å². The Kier molecular flexibility index (Phi) is 5.97. The summed E-state index contributed by atoms with van der Waals surface area (Å²) in [5.41, 5.74) is 3.45. The van der Waals surface area contributed by atoms with Crippen LogP contribution in [0.15, 0.2) is 76.9 Å². The Morgan fingerprint density at radius 1 is 1.14 bits per heavy atom. The number of carbonyl (C=O) groups excluding carboxylic acids is 1. The molecule has 0 aliphatic heterocycles. The first-order chi connectivity index (χ1) is 13.5. The van der Waals surface area contributed by atoms with Gasteiger partial charge in [-0.3, -0.25) is 4.79 Å². The smallest absolute Gasteiger partial charge is 0.266 e. The molecule has 2 aromatic carbocycles. The van der Waals surface area contributed by atoms with Crippen molar-refractivity contribution in [3.63, 3.8) is 0 Å². The van der Waals surface area contributed by atoms with Crippen LogP contribution in [-0.2, 0) is 4.79 Å². The fraction of sp³-hybridized carbons (Fsp3) is 0.0909. The molecule has 1 heterocycles. The van der Waals surface area contributed by atoms with E-state index >= 15 is 0 Å². The number of nitrogens with zero attached hydrogens (tertiary/aromatic N) is 3. The van der Waals surface area contributed by atoms with Crippen LogP contribution in [-0.4, -0.2) is 24.6 Å². The van der Waals surface area contributed by atoms with E-state index in [4.69, 9.17) is 0 Å². The molecule has 3 rings (SSSR count). The van der Waals surface area contributed by atoms with Gasteiger partial charge in [-0.1, -0.05) is 22.0 Å². The molecule has 1 aromatic heterocycles. The van der Waals surface area contributed by atoms with Crippen LogP contribution >= 0.6 is 15.9 Å². The van der Waals surface area contributed by atoms with Crippen molar-refractivity contribution < 1.29 is 4.79 Å². The Balaban J connectivity index is 1.87. The zero-order chi connectivity index (χ0) is 20.1. The number of carbonyl (C=O) groups is 1. The summed E-state index contributed by atoms with van der Waals surface area (Å²) in [6.45, 7) is 0. The Bertz CT molecular complexity index is 1060. The van der Waals surface area contributed by atoms with Crippen LogP contribution < -0.4 is 10.2 Å². The third kappa shape index (κ3) is 4.51. The monoisotopic (exact) mass is 434 g/mol. The van der Waals surface area contributed by atoms with Crippen LogP contribution in [0.4, 0.5) is 11.4 Å². The topological polar surface area (TPSA) is 61.1 Å². The Hall–Kier alpha value is -3.30. The van der Waals surface area contributed by atoms with Crippen LogP contribution in [0.1, 0.15) is 5.69 Å². The molecule has 140 valence electrons. The Morgan fingerprint density at radius 3 is 2.54 bits per heavy atom. The largest absolute Gasteiger partial charge is 0.378 e. The molecule has 1 N–H and O–H groups in total. The van der Waals surface area contributed by atoms with Gasteiger partial charge in [0.25, 0.3) is 5.91 Å². The fourth-order valence-corrected chi connectivity index (χ4v) is 3.12. The third-order valence-corrected chi connectivity index (χ3v) is 4.66. The maximum Gasteiger partial charge on any atom is 0.266 e. The number of aromatic nitrogens is 1. The molecule has 0 spiro atoms. The zero-order valence-electron chi connectivity index (χ0n) is 15.6. The quantitative estimate of drug-likeness (QED) is 0.460. The second-order valence-electron chi connectivity index (χ2n) is 6.35. The number of rotatable bonds is 5. The van der Waals surface area contributed by atoms with Gasteiger partial charge in [0.05, 0.1) is 0 Å². The van der Waals surface area contributed by atoms with Crippen molar-refractivity contribution in [3.05, 3.63) is 82.6 Å². The Labute approximate surface area is 172 Å². The summed E-state index contributed by atoms with van der Waals surface area (Å²) in [6.07, 6.45) is 3.49. The van der Waals surface area contributed by atoms with Gasteiger partial charge in [-0.2, -0.15) is 5.26 Å². The van der Waals surface area contributed by atoms with Crippen molar-refractivity contribution in [2.24, 2.45) is 0 Å². The summed E-state index contributed by atoms with van der Waals surface area (Å²) in [5.74, 6) is -0.448. The number of halogens is 1. The second-order valence-corrected chi connectivity index (χ2v) is 7.26. The molecule has 0 radical (unpaired) electrons. The molecule has 3 aromatic rings. The van der Waals surface area contributed by atoms with E-state index < -0.39 is 5.91 Å². The zero-order valence-corrected chi connectivity index (χ0v) is 17.1. The van der Waals surface area contributed by atoms with Gasteiger partial charge in [0, 0.05) is 47.5 Å². The van der Waals surface area contributed by atoms with Gasteiger partial charge in [-0.15, -0.1) is 0 Å². The van der Waals surface area contributed by atoms with Crippen molar-refractivity contribution in [1.29, 1.82) is 5.26 Å². The van der Waals surface area contributed by atoms with E-state index in [1.54, 1.807) is 18.2 Å². The lowest BCUT2D eigenvalue weighted by atomic mass is 10.2. The van der Waals surface area contributed by atoms with E-state index in [2.05, 4.69) is 21.2 Å². The molecule has 0 unspecified atom stereocenters. The summed E-state index contributed by atoms with van der Waals surface area (Å²) >= 11 is 3.37. The van der Waals surface area contributed by atoms with Crippen molar-refractivity contribution in [1.82, 2.24) is 4.57 Å². The minimum absolute atomic E-state index is 0.0323. The van der Waals surface area contributed by atoms with Gasteiger partial charge in [0.15, 0.2) is 0 Å². The highest BCUT2D eigenvalue weighted by molar-refractivity contribution is 9.10. The summed E-state index contributed by atoms with van der Waals surface area (Å²) in [7, 11) is 3.98. The van der Waals surface area contributed by atoms with Crippen LogP contribution in [0, 0.1) is 11.3 Å². The fourth-order valence-electron chi connectivity index (χ4n) is 2.72. The lowest BCUT2D eigenvalue weighted by Crippen LogP contribution is -2.13. The van der Waals surface area contributed by atoms with Gasteiger partial charge in [-0.05, 0) is 60.7 Å². The van der Waals surface area contributed by atoms with Crippen molar-refractivity contribution >= 4 is 39.3 Å². The van der Waals surface area contributed by atoms with E-state index in [1.165, 1.54) is 0 Å². The molecular formula is C22H19BrN4O. The molecule has 0 aliphatic carbocycles. The average Bonchev–Trinajstić information content (AvgIpc) is 3.14. The second kappa shape index (κ2) is 8.59. The minimum Gasteiger partial charge on any atom is -0.378 e. The molecular weight excluding hydrogens is 416 g/mol. The summed E-state index contributed by atoms with van der Waals surface area (Å²) in [5, 5.41) is 12.2. The lowest BCUT2D eigenvalue weighted by Gasteiger charge is -2.14.